The second-order valence-corrected chi connectivity index (χ2v) is 8.88. The monoisotopic (exact) mass is 590 g/mol. The Morgan fingerprint density at radius 1 is 0.882 bits per heavy atom. The molecule has 0 aromatic heterocycles. The molecule has 3 rings (SSSR count). The van der Waals surface area contributed by atoms with Gasteiger partial charge in [-0.3, -0.25) is 4.79 Å². The zero-order chi connectivity index (χ0) is 24.5. The van der Waals surface area contributed by atoms with Gasteiger partial charge in [-0.1, -0.05) is 34.1 Å². The van der Waals surface area contributed by atoms with Crippen molar-refractivity contribution in [3.8, 4) is 23.0 Å². The van der Waals surface area contributed by atoms with Crippen LogP contribution in [0.2, 0.25) is 0 Å². The van der Waals surface area contributed by atoms with Gasteiger partial charge in [0, 0.05) is 4.47 Å². The summed E-state index contributed by atoms with van der Waals surface area (Å²) < 4.78 is 23.7. The Hall–Kier alpha value is -3.04. The van der Waals surface area contributed by atoms with Crippen LogP contribution in [0.1, 0.15) is 16.7 Å². The molecule has 0 spiro atoms. The van der Waals surface area contributed by atoms with Crippen LogP contribution in [0.25, 0.3) is 0 Å². The van der Waals surface area contributed by atoms with E-state index < -0.39 is 0 Å². The van der Waals surface area contributed by atoms with Gasteiger partial charge in [-0.2, -0.15) is 5.10 Å². The molecule has 0 saturated carbocycles. The van der Waals surface area contributed by atoms with E-state index >= 15 is 0 Å². The fourth-order valence-electron chi connectivity index (χ4n) is 3.08. The number of nitrogens with one attached hydrogen (secondary N) is 1. The first kappa shape index (κ1) is 25.6. The zero-order valence-electron chi connectivity index (χ0n) is 18.9. The van der Waals surface area contributed by atoms with Gasteiger partial charge in [-0.25, -0.2) is 5.43 Å². The van der Waals surface area contributed by atoms with Crippen LogP contribution in [0.3, 0.4) is 0 Å². The number of amides is 1. The van der Waals surface area contributed by atoms with Crippen molar-refractivity contribution in [1.29, 1.82) is 0 Å². The lowest BCUT2D eigenvalue weighted by atomic mass is 10.1. The van der Waals surface area contributed by atoms with Gasteiger partial charge in [-0.15, -0.1) is 0 Å². The van der Waals surface area contributed by atoms with Gasteiger partial charge in [0.1, 0.15) is 6.61 Å². The van der Waals surface area contributed by atoms with E-state index in [-0.39, 0.29) is 12.3 Å². The number of carbonyl (C=O) groups excluding carboxylic acids is 1. The molecular formula is C25H24Br2N2O5. The Bertz CT molecular complexity index is 1170. The molecule has 1 amide bonds. The summed E-state index contributed by atoms with van der Waals surface area (Å²) in [5, 5.41) is 4.06. The highest BCUT2D eigenvalue weighted by atomic mass is 79.9. The Morgan fingerprint density at radius 2 is 1.56 bits per heavy atom. The highest BCUT2D eigenvalue weighted by Crippen LogP contribution is 2.37. The number of carbonyl (C=O) groups is 1. The molecule has 1 N–H and O–H groups in total. The summed E-state index contributed by atoms with van der Waals surface area (Å²) in [4.78, 5) is 12.3. The topological polar surface area (TPSA) is 78.4 Å². The third kappa shape index (κ3) is 6.98. The van der Waals surface area contributed by atoms with Crippen molar-refractivity contribution in [3.05, 3.63) is 80.2 Å². The van der Waals surface area contributed by atoms with Crippen LogP contribution in [0.4, 0.5) is 0 Å². The maximum atomic E-state index is 12.3. The fourth-order valence-corrected chi connectivity index (χ4v) is 3.92. The van der Waals surface area contributed by atoms with E-state index in [1.807, 2.05) is 30.3 Å². The number of benzene rings is 3. The summed E-state index contributed by atoms with van der Waals surface area (Å²) in [5.74, 6) is 2.04. The molecule has 3 aromatic carbocycles. The highest BCUT2D eigenvalue weighted by molar-refractivity contribution is 9.10. The fraction of sp³-hybridized carbons (Fsp3) is 0.200. The van der Waals surface area contributed by atoms with E-state index in [2.05, 4.69) is 42.4 Å². The van der Waals surface area contributed by atoms with Crippen molar-refractivity contribution in [2.75, 3.05) is 21.3 Å². The average molecular weight is 592 g/mol. The quantitative estimate of drug-likeness (QED) is 0.248. The predicted molar refractivity (Wildman–Crippen MR) is 138 cm³/mol. The average Bonchev–Trinajstić information content (AvgIpc) is 2.84. The van der Waals surface area contributed by atoms with E-state index in [1.165, 1.54) is 6.21 Å². The molecule has 0 aliphatic rings. The molecule has 178 valence electrons. The van der Waals surface area contributed by atoms with Crippen LogP contribution in [0.5, 0.6) is 23.0 Å². The van der Waals surface area contributed by atoms with Crippen LogP contribution in [-0.2, 0) is 17.8 Å². The SMILES string of the molecule is COc1ccc(CC(=O)N/N=C/c2cc(Br)c(OCc3ccc(Br)cc3)c(OC)c2)cc1OC. The first-order chi connectivity index (χ1) is 16.4. The van der Waals surface area contributed by atoms with E-state index in [0.717, 1.165) is 21.2 Å². The Kier molecular flexibility index (Phi) is 9.35. The minimum atomic E-state index is -0.260. The van der Waals surface area contributed by atoms with Crippen LogP contribution < -0.4 is 24.4 Å². The molecule has 0 bridgehead atoms. The third-order valence-electron chi connectivity index (χ3n) is 4.76. The van der Waals surface area contributed by atoms with E-state index in [9.17, 15) is 4.79 Å². The van der Waals surface area contributed by atoms with Gasteiger partial charge in [0.25, 0.3) is 0 Å². The minimum Gasteiger partial charge on any atom is -0.493 e. The van der Waals surface area contributed by atoms with Crippen LogP contribution in [-0.4, -0.2) is 33.5 Å². The van der Waals surface area contributed by atoms with Crippen molar-refractivity contribution in [2.24, 2.45) is 5.10 Å². The van der Waals surface area contributed by atoms with Crippen LogP contribution in [0.15, 0.2) is 68.6 Å². The number of rotatable bonds is 10. The van der Waals surface area contributed by atoms with Crippen LogP contribution >= 0.6 is 31.9 Å². The minimum absolute atomic E-state index is 0.146. The van der Waals surface area contributed by atoms with Crippen molar-refractivity contribution >= 4 is 44.0 Å². The third-order valence-corrected chi connectivity index (χ3v) is 5.88. The lowest BCUT2D eigenvalue weighted by Gasteiger charge is -2.13. The lowest BCUT2D eigenvalue weighted by Crippen LogP contribution is -2.19. The molecule has 0 radical (unpaired) electrons. The van der Waals surface area contributed by atoms with Crippen molar-refractivity contribution < 1.29 is 23.7 Å². The van der Waals surface area contributed by atoms with Crippen LogP contribution in [0, 0.1) is 0 Å². The molecule has 0 aliphatic carbocycles. The summed E-state index contributed by atoms with van der Waals surface area (Å²) in [7, 11) is 4.68. The van der Waals surface area contributed by atoms with Gasteiger partial charge < -0.3 is 18.9 Å². The van der Waals surface area contributed by atoms with Gasteiger partial charge in [-0.05, 0) is 69.0 Å². The molecule has 0 aliphatic heterocycles. The summed E-state index contributed by atoms with van der Waals surface area (Å²) in [6, 6.07) is 16.8. The first-order valence-corrected chi connectivity index (χ1v) is 11.8. The first-order valence-electron chi connectivity index (χ1n) is 10.2. The molecule has 9 heteroatoms. The number of ether oxygens (including phenoxy) is 4. The maximum Gasteiger partial charge on any atom is 0.244 e. The number of halogens is 2. The Labute approximate surface area is 215 Å². The van der Waals surface area contributed by atoms with Crippen molar-refractivity contribution in [2.45, 2.75) is 13.0 Å². The number of methoxy groups -OCH3 is 3. The Balaban J connectivity index is 1.62. The van der Waals surface area contributed by atoms with E-state index in [4.69, 9.17) is 18.9 Å². The van der Waals surface area contributed by atoms with Crippen molar-refractivity contribution in [3.63, 3.8) is 0 Å². The zero-order valence-corrected chi connectivity index (χ0v) is 22.1. The summed E-state index contributed by atoms with van der Waals surface area (Å²) >= 11 is 6.96. The predicted octanol–water partition coefficient (Wildman–Crippen LogP) is 5.51. The van der Waals surface area contributed by atoms with Gasteiger partial charge in [0.2, 0.25) is 5.91 Å². The Morgan fingerprint density at radius 3 is 2.24 bits per heavy atom. The number of hydrogen-bond donors (Lipinski definition) is 1. The second-order valence-electron chi connectivity index (χ2n) is 7.11. The molecular weight excluding hydrogens is 568 g/mol. The molecule has 0 fully saturated rings. The van der Waals surface area contributed by atoms with Gasteiger partial charge in [0.15, 0.2) is 23.0 Å². The molecule has 7 nitrogen and oxygen atoms in total. The van der Waals surface area contributed by atoms with E-state index in [0.29, 0.717) is 34.1 Å². The standard InChI is InChI=1S/C25H24Br2N2O5/c1-31-21-9-6-17(11-22(21)32-2)13-24(30)29-28-14-18-10-20(27)25(23(12-18)33-3)34-15-16-4-7-19(26)8-5-16/h4-12,14H,13,15H2,1-3H3,(H,29,30)/b28-14+. The lowest BCUT2D eigenvalue weighted by molar-refractivity contribution is -0.120. The van der Waals surface area contributed by atoms with E-state index in [1.54, 1.807) is 45.6 Å². The molecule has 34 heavy (non-hydrogen) atoms. The molecule has 0 atom stereocenters. The highest BCUT2D eigenvalue weighted by Gasteiger charge is 2.12. The molecule has 0 saturated heterocycles. The molecule has 0 unspecified atom stereocenters. The largest absolute Gasteiger partial charge is 0.493 e. The van der Waals surface area contributed by atoms with Crippen molar-refractivity contribution in [1.82, 2.24) is 5.43 Å². The van der Waals surface area contributed by atoms with Gasteiger partial charge in [0.05, 0.1) is 38.4 Å². The summed E-state index contributed by atoms with van der Waals surface area (Å²) in [6.07, 6.45) is 1.69. The number of nitrogens with zero attached hydrogens (tertiary/aromatic N) is 1. The molecule has 0 heterocycles. The number of hydrogen-bond acceptors (Lipinski definition) is 6. The van der Waals surface area contributed by atoms with Gasteiger partial charge >= 0.3 is 0 Å². The maximum absolute atomic E-state index is 12.3. The summed E-state index contributed by atoms with van der Waals surface area (Å²) in [5.41, 5.74) is 5.07. The second kappa shape index (κ2) is 12.4. The smallest absolute Gasteiger partial charge is 0.244 e. The normalized spacial score (nSPS) is 10.7. The molecule has 3 aromatic rings. The summed E-state index contributed by atoms with van der Waals surface area (Å²) in [6.45, 7) is 0.391. The number of hydrazone groups is 1.